The maximum Gasteiger partial charge on any atom is 0.0540 e. The van der Waals surface area contributed by atoms with Crippen LogP contribution in [-0.4, -0.2) is 0 Å². The zero-order chi connectivity index (χ0) is 31.4. The minimum Gasteiger partial charge on any atom is -0.309 e. The largest absolute Gasteiger partial charge is 0.309 e. The third-order valence-corrected chi connectivity index (χ3v) is 8.89. The second kappa shape index (κ2) is 12.7. The standard InChI is InChI=1S/C46H33N/c1-3-18-35(19-4-1)39-23-9-10-25-41(39)42-26-11-12-27-43(42)44-28-14-16-30-46(44)47(38-32-31-34-17-7-8-22-37(34)33-38)45-29-15-13-24-40(45)36-20-5-2-6-21-36/h1-33H. The maximum absolute atomic E-state index is 2.43. The number of rotatable bonds is 7. The van der Waals surface area contributed by atoms with Gasteiger partial charge in [0.15, 0.2) is 0 Å². The van der Waals surface area contributed by atoms with Crippen LogP contribution in [0.4, 0.5) is 17.1 Å². The molecule has 0 bridgehead atoms. The van der Waals surface area contributed by atoms with Gasteiger partial charge in [-0.25, -0.2) is 0 Å². The monoisotopic (exact) mass is 599 g/mol. The van der Waals surface area contributed by atoms with Crippen molar-refractivity contribution in [2.24, 2.45) is 0 Å². The van der Waals surface area contributed by atoms with Gasteiger partial charge in [0.25, 0.3) is 0 Å². The van der Waals surface area contributed by atoms with Gasteiger partial charge < -0.3 is 4.90 Å². The topological polar surface area (TPSA) is 3.24 Å². The van der Waals surface area contributed by atoms with Crippen LogP contribution in [0.1, 0.15) is 0 Å². The Bertz CT molecular complexity index is 2300. The Hall–Kier alpha value is -6.18. The molecule has 1 heteroatoms. The van der Waals surface area contributed by atoms with Crippen molar-refractivity contribution in [3.8, 4) is 44.5 Å². The molecule has 0 aromatic heterocycles. The number of para-hydroxylation sites is 2. The van der Waals surface area contributed by atoms with Crippen LogP contribution in [0.5, 0.6) is 0 Å². The van der Waals surface area contributed by atoms with Crippen LogP contribution in [0.25, 0.3) is 55.3 Å². The molecule has 0 N–H and O–H groups in total. The lowest BCUT2D eigenvalue weighted by Gasteiger charge is -2.30. The molecule has 8 aromatic carbocycles. The summed E-state index contributed by atoms with van der Waals surface area (Å²) in [6.45, 7) is 0. The second-order valence-corrected chi connectivity index (χ2v) is 11.7. The van der Waals surface area contributed by atoms with Gasteiger partial charge in [0.05, 0.1) is 11.4 Å². The molecule has 0 saturated heterocycles. The van der Waals surface area contributed by atoms with E-state index in [0.29, 0.717) is 0 Å². The first-order chi connectivity index (χ1) is 23.3. The first-order valence-corrected chi connectivity index (χ1v) is 16.1. The van der Waals surface area contributed by atoms with Gasteiger partial charge in [-0.15, -0.1) is 0 Å². The number of hydrogen-bond acceptors (Lipinski definition) is 1. The van der Waals surface area contributed by atoms with E-state index in [2.05, 4.69) is 205 Å². The molecule has 0 saturated carbocycles. The summed E-state index contributed by atoms with van der Waals surface area (Å²) in [6.07, 6.45) is 0. The van der Waals surface area contributed by atoms with E-state index in [-0.39, 0.29) is 0 Å². The predicted molar refractivity (Wildman–Crippen MR) is 200 cm³/mol. The summed E-state index contributed by atoms with van der Waals surface area (Å²) in [6, 6.07) is 71.9. The molecule has 0 fully saturated rings. The lowest BCUT2D eigenvalue weighted by Crippen LogP contribution is -2.12. The SMILES string of the molecule is c1ccc(-c2ccccc2-c2ccccc2-c2ccccc2N(c2ccc3ccccc3c2)c2ccccc2-c2ccccc2)cc1. The first kappa shape index (κ1) is 28.3. The van der Waals surface area contributed by atoms with Crippen molar-refractivity contribution in [2.45, 2.75) is 0 Å². The molecule has 0 spiro atoms. The zero-order valence-electron chi connectivity index (χ0n) is 26.0. The fourth-order valence-corrected chi connectivity index (χ4v) is 6.69. The van der Waals surface area contributed by atoms with Crippen LogP contribution in [0.3, 0.4) is 0 Å². The van der Waals surface area contributed by atoms with Crippen LogP contribution in [0.15, 0.2) is 200 Å². The summed E-state index contributed by atoms with van der Waals surface area (Å²) in [5.74, 6) is 0. The quantitative estimate of drug-likeness (QED) is 0.176. The fourth-order valence-electron chi connectivity index (χ4n) is 6.69. The van der Waals surface area contributed by atoms with E-state index >= 15 is 0 Å². The number of benzene rings is 8. The van der Waals surface area contributed by atoms with Gasteiger partial charge in [0, 0.05) is 16.8 Å². The number of nitrogens with zero attached hydrogens (tertiary/aromatic N) is 1. The van der Waals surface area contributed by atoms with Gasteiger partial charge in [-0.3, -0.25) is 0 Å². The number of hydrogen-bond donors (Lipinski definition) is 0. The Morgan fingerprint density at radius 2 is 0.660 bits per heavy atom. The van der Waals surface area contributed by atoms with Crippen LogP contribution >= 0.6 is 0 Å². The molecule has 0 amide bonds. The maximum atomic E-state index is 2.43. The third-order valence-electron chi connectivity index (χ3n) is 8.89. The van der Waals surface area contributed by atoms with E-state index < -0.39 is 0 Å². The normalized spacial score (nSPS) is 11.0. The average Bonchev–Trinajstić information content (AvgIpc) is 3.16. The molecule has 0 heterocycles. The molecule has 8 rings (SSSR count). The summed E-state index contributed by atoms with van der Waals surface area (Å²) >= 11 is 0. The van der Waals surface area contributed by atoms with Crippen molar-refractivity contribution in [2.75, 3.05) is 4.90 Å². The Morgan fingerprint density at radius 3 is 1.30 bits per heavy atom. The van der Waals surface area contributed by atoms with Crippen molar-refractivity contribution in [3.63, 3.8) is 0 Å². The molecule has 0 aliphatic heterocycles. The molecule has 1 nitrogen and oxygen atoms in total. The highest BCUT2D eigenvalue weighted by Crippen LogP contribution is 2.47. The summed E-state index contributed by atoms with van der Waals surface area (Å²) in [5.41, 5.74) is 12.9. The lowest BCUT2D eigenvalue weighted by molar-refractivity contribution is 1.29. The molecule has 0 aliphatic rings. The molecule has 0 radical (unpaired) electrons. The smallest absolute Gasteiger partial charge is 0.0540 e. The Kier molecular flexibility index (Phi) is 7.63. The van der Waals surface area contributed by atoms with Gasteiger partial charge in [-0.1, -0.05) is 176 Å². The molecular formula is C46H33N. The van der Waals surface area contributed by atoms with Gasteiger partial charge in [-0.2, -0.15) is 0 Å². The van der Waals surface area contributed by atoms with Crippen molar-refractivity contribution in [1.29, 1.82) is 0 Å². The molecule has 0 aliphatic carbocycles. The molecular weight excluding hydrogens is 567 g/mol. The van der Waals surface area contributed by atoms with Crippen LogP contribution in [-0.2, 0) is 0 Å². The molecule has 0 unspecified atom stereocenters. The van der Waals surface area contributed by atoms with Gasteiger partial charge >= 0.3 is 0 Å². The Labute approximate surface area is 276 Å². The van der Waals surface area contributed by atoms with Crippen molar-refractivity contribution >= 4 is 27.8 Å². The number of fused-ring (bicyclic) bond motifs is 1. The Morgan fingerprint density at radius 1 is 0.255 bits per heavy atom. The van der Waals surface area contributed by atoms with E-state index in [1.807, 2.05) is 0 Å². The molecule has 47 heavy (non-hydrogen) atoms. The highest BCUT2D eigenvalue weighted by atomic mass is 15.1. The third kappa shape index (κ3) is 5.49. The van der Waals surface area contributed by atoms with E-state index in [9.17, 15) is 0 Å². The molecule has 8 aromatic rings. The average molecular weight is 600 g/mol. The van der Waals surface area contributed by atoms with Crippen molar-refractivity contribution in [3.05, 3.63) is 200 Å². The zero-order valence-corrected chi connectivity index (χ0v) is 26.0. The minimum atomic E-state index is 1.11. The fraction of sp³-hybridized carbons (Fsp3) is 0. The predicted octanol–water partition coefficient (Wildman–Crippen LogP) is 13.0. The van der Waals surface area contributed by atoms with Crippen LogP contribution < -0.4 is 4.90 Å². The lowest BCUT2D eigenvalue weighted by atomic mass is 9.88. The second-order valence-electron chi connectivity index (χ2n) is 11.7. The minimum absolute atomic E-state index is 1.11. The van der Waals surface area contributed by atoms with Gasteiger partial charge in [-0.05, 0) is 68.4 Å². The van der Waals surface area contributed by atoms with E-state index in [1.165, 1.54) is 55.3 Å². The van der Waals surface area contributed by atoms with E-state index in [1.54, 1.807) is 0 Å². The van der Waals surface area contributed by atoms with Crippen molar-refractivity contribution < 1.29 is 0 Å². The van der Waals surface area contributed by atoms with Crippen LogP contribution in [0, 0.1) is 0 Å². The summed E-state index contributed by atoms with van der Waals surface area (Å²) in [7, 11) is 0. The van der Waals surface area contributed by atoms with E-state index in [0.717, 1.165) is 17.1 Å². The summed E-state index contributed by atoms with van der Waals surface area (Å²) in [5, 5.41) is 2.44. The highest BCUT2D eigenvalue weighted by molar-refractivity contribution is 6.00. The van der Waals surface area contributed by atoms with Gasteiger partial charge in [0.2, 0.25) is 0 Å². The van der Waals surface area contributed by atoms with Gasteiger partial charge in [0.1, 0.15) is 0 Å². The highest BCUT2D eigenvalue weighted by Gasteiger charge is 2.22. The number of anilines is 3. The van der Waals surface area contributed by atoms with Crippen molar-refractivity contribution in [1.82, 2.24) is 0 Å². The first-order valence-electron chi connectivity index (χ1n) is 16.1. The molecule has 222 valence electrons. The van der Waals surface area contributed by atoms with Crippen LogP contribution in [0.2, 0.25) is 0 Å². The molecule has 0 atom stereocenters. The Balaban J connectivity index is 1.38. The summed E-state index contributed by atoms with van der Waals surface area (Å²) in [4.78, 5) is 2.43. The summed E-state index contributed by atoms with van der Waals surface area (Å²) < 4.78 is 0. The van der Waals surface area contributed by atoms with E-state index in [4.69, 9.17) is 0 Å².